The van der Waals surface area contributed by atoms with Crippen molar-refractivity contribution in [3.63, 3.8) is 0 Å². The molecule has 36 heavy (non-hydrogen) atoms. The van der Waals surface area contributed by atoms with Crippen molar-refractivity contribution >= 4 is 40.5 Å². The molecule has 4 fully saturated rings. The highest BCUT2D eigenvalue weighted by atomic mass is 35.5. The maximum absolute atomic E-state index is 11.6. The molecule has 4 bridgehead atoms. The fourth-order valence-corrected chi connectivity index (χ4v) is 7.87. The van der Waals surface area contributed by atoms with Crippen molar-refractivity contribution in [1.29, 1.82) is 0 Å². The van der Waals surface area contributed by atoms with Crippen LogP contribution in [0.4, 0.5) is 22.9 Å². The van der Waals surface area contributed by atoms with Gasteiger partial charge < -0.3 is 14.9 Å². The summed E-state index contributed by atoms with van der Waals surface area (Å²) in [5.74, 6) is 2.15. The minimum atomic E-state index is -0.993. The molecule has 2 aromatic carbocycles. The predicted octanol–water partition coefficient (Wildman–Crippen LogP) is 7.44. The summed E-state index contributed by atoms with van der Waals surface area (Å²) in [5.41, 5.74) is 4.80. The molecule has 0 atom stereocenters. The van der Waals surface area contributed by atoms with Crippen molar-refractivity contribution in [3.8, 4) is 0 Å². The molecular weight excluding hydrogens is 470 g/mol. The van der Waals surface area contributed by atoms with Gasteiger partial charge in [-0.1, -0.05) is 17.7 Å². The van der Waals surface area contributed by atoms with Crippen molar-refractivity contribution in [3.05, 3.63) is 76.9 Å². The Bertz CT molecular complexity index is 1270. The van der Waals surface area contributed by atoms with E-state index in [2.05, 4.69) is 28.1 Å². The van der Waals surface area contributed by atoms with Gasteiger partial charge in [0.25, 0.3) is 0 Å². The molecule has 0 aliphatic heterocycles. The highest BCUT2D eigenvalue weighted by molar-refractivity contribution is 6.33. The fraction of sp³-hybridized carbons (Fsp3) is 0.400. The summed E-state index contributed by atoms with van der Waals surface area (Å²) in [6.45, 7) is 0. The Hall–Kier alpha value is -3.05. The molecule has 4 saturated carbocycles. The average Bonchev–Trinajstić information content (AvgIpc) is 2.87. The second-order valence-corrected chi connectivity index (χ2v) is 11.6. The third-order valence-corrected chi connectivity index (χ3v) is 9.22. The number of nitrogens with zero attached hydrogens (tertiary/aromatic N) is 3. The van der Waals surface area contributed by atoms with Gasteiger partial charge in [0.2, 0.25) is 0 Å². The van der Waals surface area contributed by atoms with E-state index in [1.54, 1.807) is 23.2 Å². The maximum Gasteiger partial charge on any atom is 0.339 e. The Morgan fingerprint density at radius 2 is 1.50 bits per heavy atom. The first-order valence-electron chi connectivity index (χ1n) is 12.9. The smallest absolute Gasteiger partial charge is 0.339 e. The quantitative estimate of drug-likeness (QED) is 0.380. The standard InChI is InChI=1S/C30H32ClN3O2/c1-33(23-6-8-24(9-7-23)34(2)28-25(29(35)36)4-3-11-32-28)27-10-5-22(15-26(27)31)30-16-19-12-20(17-30)14-21(13-19)18-30/h3-11,15,19-21H,12-14,16-18H2,1-2H3,(H,35,36). The zero-order valence-electron chi connectivity index (χ0n) is 20.8. The van der Waals surface area contributed by atoms with Crippen LogP contribution in [-0.4, -0.2) is 30.2 Å². The number of hydrogen-bond donors (Lipinski definition) is 1. The van der Waals surface area contributed by atoms with Gasteiger partial charge in [0.1, 0.15) is 11.4 Å². The largest absolute Gasteiger partial charge is 0.478 e. The summed E-state index contributed by atoms with van der Waals surface area (Å²) in [7, 11) is 3.86. The molecule has 1 N–H and O–H groups in total. The minimum Gasteiger partial charge on any atom is -0.478 e. The van der Waals surface area contributed by atoms with Gasteiger partial charge in [0.15, 0.2) is 0 Å². The topological polar surface area (TPSA) is 56.7 Å². The highest BCUT2D eigenvalue weighted by Gasteiger charge is 2.51. The summed E-state index contributed by atoms with van der Waals surface area (Å²) in [6, 6.07) is 17.9. The molecule has 0 saturated heterocycles. The number of anilines is 4. The number of carboxylic acids is 1. The van der Waals surface area contributed by atoms with Crippen LogP contribution in [0.15, 0.2) is 60.8 Å². The van der Waals surface area contributed by atoms with Gasteiger partial charge >= 0.3 is 5.97 Å². The normalized spacial score (nSPS) is 26.1. The number of aromatic nitrogens is 1. The summed E-state index contributed by atoms with van der Waals surface area (Å²) in [5, 5.41) is 10.3. The van der Waals surface area contributed by atoms with Crippen molar-refractivity contribution in [1.82, 2.24) is 4.98 Å². The first-order valence-corrected chi connectivity index (χ1v) is 13.3. The third-order valence-electron chi connectivity index (χ3n) is 8.92. The molecule has 186 valence electrons. The van der Waals surface area contributed by atoms with E-state index >= 15 is 0 Å². The number of rotatable bonds is 6. The van der Waals surface area contributed by atoms with Crippen LogP contribution in [0.2, 0.25) is 5.02 Å². The van der Waals surface area contributed by atoms with Crippen LogP contribution in [0.1, 0.15) is 54.4 Å². The lowest BCUT2D eigenvalue weighted by atomic mass is 9.48. The van der Waals surface area contributed by atoms with Crippen LogP contribution < -0.4 is 9.80 Å². The minimum absolute atomic E-state index is 0.173. The Kier molecular flexibility index (Phi) is 5.71. The van der Waals surface area contributed by atoms with Crippen molar-refractivity contribution < 1.29 is 9.90 Å². The van der Waals surface area contributed by atoms with Gasteiger partial charge in [-0.25, -0.2) is 9.78 Å². The second-order valence-electron chi connectivity index (χ2n) is 11.2. The van der Waals surface area contributed by atoms with Crippen molar-refractivity contribution in [2.75, 3.05) is 23.9 Å². The lowest BCUT2D eigenvalue weighted by Crippen LogP contribution is -2.48. The van der Waals surface area contributed by atoms with Gasteiger partial charge in [-0.05, 0) is 116 Å². The van der Waals surface area contributed by atoms with E-state index in [-0.39, 0.29) is 5.56 Å². The average molecular weight is 502 g/mol. The molecule has 4 aliphatic carbocycles. The van der Waals surface area contributed by atoms with E-state index < -0.39 is 5.97 Å². The predicted molar refractivity (Wildman–Crippen MR) is 145 cm³/mol. The Morgan fingerprint density at radius 3 is 2.06 bits per heavy atom. The molecule has 4 aliphatic rings. The Balaban J connectivity index is 1.23. The Morgan fingerprint density at radius 1 is 0.917 bits per heavy atom. The van der Waals surface area contributed by atoms with E-state index in [0.717, 1.165) is 39.8 Å². The van der Waals surface area contributed by atoms with E-state index in [1.807, 2.05) is 38.4 Å². The van der Waals surface area contributed by atoms with Crippen LogP contribution in [0, 0.1) is 17.8 Å². The molecule has 0 amide bonds. The van der Waals surface area contributed by atoms with E-state index in [1.165, 1.54) is 44.1 Å². The van der Waals surface area contributed by atoms with Crippen LogP contribution in [0.25, 0.3) is 0 Å². The number of benzene rings is 2. The summed E-state index contributed by atoms with van der Waals surface area (Å²) >= 11 is 6.91. The van der Waals surface area contributed by atoms with Gasteiger partial charge in [-0.2, -0.15) is 0 Å². The zero-order valence-corrected chi connectivity index (χ0v) is 21.6. The molecular formula is C30H32ClN3O2. The molecule has 6 heteroatoms. The van der Waals surface area contributed by atoms with E-state index in [9.17, 15) is 9.90 Å². The zero-order chi connectivity index (χ0) is 25.0. The van der Waals surface area contributed by atoms with E-state index in [4.69, 9.17) is 11.6 Å². The molecule has 0 unspecified atom stereocenters. The van der Waals surface area contributed by atoms with Gasteiger partial charge in [-0.3, -0.25) is 0 Å². The van der Waals surface area contributed by atoms with Crippen LogP contribution in [0.3, 0.4) is 0 Å². The first-order chi connectivity index (χ1) is 17.3. The van der Waals surface area contributed by atoms with Crippen LogP contribution >= 0.6 is 11.6 Å². The number of hydrogen-bond acceptors (Lipinski definition) is 4. The lowest BCUT2D eigenvalue weighted by Gasteiger charge is -2.57. The van der Waals surface area contributed by atoms with Gasteiger partial charge in [0.05, 0.1) is 10.7 Å². The fourth-order valence-electron chi connectivity index (χ4n) is 7.57. The molecule has 1 aromatic heterocycles. The molecule has 5 nitrogen and oxygen atoms in total. The summed E-state index contributed by atoms with van der Waals surface area (Å²) in [4.78, 5) is 19.8. The molecule has 0 radical (unpaired) electrons. The molecule has 1 heterocycles. The van der Waals surface area contributed by atoms with Crippen molar-refractivity contribution in [2.45, 2.75) is 43.9 Å². The monoisotopic (exact) mass is 501 g/mol. The number of carboxylic acid groups (broad SMARTS) is 1. The highest BCUT2D eigenvalue weighted by Crippen LogP contribution is 2.61. The number of halogens is 1. The maximum atomic E-state index is 11.6. The molecule has 3 aromatic rings. The second kappa shape index (κ2) is 8.81. The third kappa shape index (κ3) is 3.94. The van der Waals surface area contributed by atoms with Crippen LogP contribution in [0.5, 0.6) is 0 Å². The number of carbonyl (C=O) groups is 1. The summed E-state index contributed by atoms with van der Waals surface area (Å²) in [6.07, 6.45) is 9.93. The molecule has 0 spiro atoms. The first kappa shape index (κ1) is 23.4. The number of pyridine rings is 1. The van der Waals surface area contributed by atoms with E-state index in [0.29, 0.717) is 11.2 Å². The van der Waals surface area contributed by atoms with Crippen molar-refractivity contribution in [2.24, 2.45) is 17.8 Å². The van der Waals surface area contributed by atoms with Gasteiger partial charge in [-0.15, -0.1) is 0 Å². The summed E-state index contributed by atoms with van der Waals surface area (Å²) < 4.78 is 0. The number of aromatic carboxylic acids is 1. The van der Waals surface area contributed by atoms with Gasteiger partial charge in [0, 0.05) is 31.7 Å². The molecule has 7 rings (SSSR count). The Labute approximate surface area is 217 Å². The lowest BCUT2D eigenvalue weighted by molar-refractivity contribution is -0.00518. The van der Waals surface area contributed by atoms with Crippen LogP contribution in [-0.2, 0) is 5.41 Å². The SMILES string of the molecule is CN(c1ccc(N(C)c2ncccc2C(=O)O)cc1)c1ccc(C23CC4CC(CC(C4)C2)C3)cc1Cl.